The topological polar surface area (TPSA) is 176 Å². The van der Waals surface area contributed by atoms with Crippen LogP contribution in [0.15, 0.2) is 6.20 Å². The zero-order valence-corrected chi connectivity index (χ0v) is 32.6. The normalized spacial score (nSPS) is 18.9. The Balaban J connectivity index is 1.01. The van der Waals surface area contributed by atoms with E-state index in [1.165, 1.54) is 4.90 Å². The number of rotatable bonds is 34. The molecule has 3 rings (SSSR count). The highest BCUT2D eigenvalue weighted by Crippen LogP contribution is 2.32. The van der Waals surface area contributed by atoms with Gasteiger partial charge in [0.05, 0.1) is 111 Å². The van der Waals surface area contributed by atoms with Gasteiger partial charge in [-0.2, -0.15) is 0 Å². The summed E-state index contributed by atoms with van der Waals surface area (Å²) in [6, 6.07) is 0. The summed E-state index contributed by atoms with van der Waals surface area (Å²) in [7, 11) is 0. The first-order valence-electron chi connectivity index (χ1n) is 19.7. The van der Waals surface area contributed by atoms with E-state index in [1.807, 2.05) is 6.20 Å². The third kappa shape index (κ3) is 20.3. The van der Waals surface area contributed by atoms with Crippen LogP contribution in [0.1, 0.15) is 70.9 Å². The van der Waals surface area contributed by atoms with Crippen molar-refractivity contribution in [1.82, 2.24) is 19.9 Å². The molecule has 1 aliphatic heterocycles. The number of aromatic nitrogens is 3. The van der Waals surface area contributed by atoms with E-state index in [0.717, 1.165) is 37.8 Å². The largest absolute Gasteiger partial charge is 0.379 e. The molecule has 2 amide bonds. The van der Waals surface area contributed by atoms with E-state index >= 15 is 0 Å². The minimum Gasteiger partial charge on any atom is -0.379 e. The molecule has 1 aliphatic carbocycles. The Labute approximate surface area is 320 Å². The minimum atomic E-state index is -0.209. The lowest BCUT2D eigenvalue weighted by Gasteiger charge is -2.30. The van der Waals surface area contributed by atoms with Gasteiger partial charge in [0.25, 0.3) is 0 Å². The number of ketones is 2. The van der Waals surface area contributed by atoms with Crippen LogP contribution in [0, 0.1) is 17.8 Å². The molecular formula is C38H64N4O12. The Hall–Kier alpha value is -2.70. The zero-order valence-electron chi connectivity index (χ0n) is 32.6. The van der Waals surface area contributed by atoms with Crippen molar-refractivity contribution in [3.05, 3.63) is 11.9 Å². The lowest BCUT2D eigenvalue weighted by atomic mass is 9.79. The predicted molar refractivity (Wildman–Crippen MR) is 196 cm³/mol. The van der Waals surface area contributed by atoms with Crippen molar-refractivity contribution in [3.63, 3.8) is 0 Å². The average Bonchev–Trinajstić information content (AvgIpc) is 3.72. The number of Topliss-reactive ketones (excluding diaryl/α,β-unsaturated/α-hetero) is 2. The minimum absolute atomic E-state index is 0.0389. The van der Waals surface area contributed by atoms with Crippen molar-refractivity contribution in [2.75, 3.05) is 112 Å². The van der Waals surface area contributed by atoms with Crippen LogP contribution in [0.5, 0.6) is 0 Å². The van der Waals surface area contributed by atoms with E-state index < -0.39 is 0 Å². The van der Waals surface area contributed by atoms with Crippen molar-refractivity contribution in [2.45, 2.75) is 78.2 Å². The number of aryl methyl sites for hydroxylation is 1. The molecule has 308 valence electrons. The summed E-state index contributed by atoms with van der Waals surface area (Å²) in [6.45, 7) is 12.3. The molecule has 0 aromatic carbocycles. The maximum atomic E-state index is 12.8. The average molecular weight is 769 g/mol. The van der Waals surface area contributed by atoms with Crippen molar-refractivity contribution in [3.8, 4) is 0 Å². The molecule has 2 fully saturated rings. The van der Waals surface area contributed by atoms with Gasteiger partial charge in [0.2, 0.25) is 11.8 Å². The first-order chi connectivity index (χ1) is 26.3. The summed E-state index contributed by atoms with van der Waals surface area (Å²) in [6.07, 6.45) is 7.83. The summed E-state index contributed by atoms with van der Waals surface area (Å²) in [5, 5.41) is 8.36. The maximum Gasteiger partial charge on any atom is 0.232 e. The van der Waals surface area contributed by atoms with Crippen LogP contribution in [0.2, 0.25) is 0 Å². The quantitative estimate of drug-likeness (QED) is 0.0739. The predicted octanol–water partition coefficient (Wildman–Crippen LogP) is 2.48. The molecule has 0 spiro atoms. The van der Waals surface area contributed by atoms with Gasteiger partial charge in [0.15, 0.2) is 0 Å². The molecular weight excluding hydrogens is 704 g/mol. The van der Waals surface area contributed by atoms with Crippen molar-refractivity contribution < 1.29 is 57.1 Å². The molecule has 1 saturated heterocycles. The van der Waals surface area contributed by atoms with Gasteiger partial charge in [-0.25, -0.2) is 4.68 Å². The highest BCUT2D eigenvalue weighted by molar-refractivity contribution is 6.03. The molecule has 1 atom stereocenters. The van der Waals surface area contributed by atoms with Gasteiger partial charge in [-0.3, -0.25) is 19.3 Å². The van der Waals surface area contributed by atoms with Gasteiger partial charge in [0.1, 0.15) is 11.6 Å². The Kier molecular flexibility index (Phi) is 24.3. The Morgan fingerprint density at radius 2 is 1.17 bits per heavy atom. The van der Waals surface area contributed by atoms with Crippen LogP contribution in [0.25, 0.3) is 0 Å². The number of ether oxygens (including phenoxy) is 8. The second-order valence-corrected chi connectivity index (χ2v) is 13.8. The first kappa shape index (κ1) is 45.7. The monoisotopic (exact) mass is 768 g/mol. The van der Waals surface area contributed by atoms with E-state index in [9.17, 15) is 19.2 Å². The highest BCUT2D eigenvalue weighted by atomic mass is 16.6. The summed E-state index contributed by atoms with van der Waals surface area (Å²) >= 11 is 0. The molecule has 1 saturated carbocycles. The fourth-order valence-corrected chi connectivity index (χ4v) is 6.21. The van der Waals surface area contributed by atoms with Crippen LogP contribution in [-0.4, -0.2) is 156 Å². The molecule has 16 heteroatoms. The van der Waals surface area contributed by atoms with E-state index in [1.54, 1.807) is 18.5 Å². The molecule has 16 nitrogen and oxygen atoms in total. The second-order valence-electron chi connectivity index (χ2n) is 13.8. The Morgan fingerprint density at radius 3 is 1.63 bits per heavy atom. The molecule has 2 heterocycles. The Bertz CT molecular complexity index is 1190. The molecule has 0 N–H and O–H groups in total. The van der Waals surface area contributed by atoms with Gasteiger partial charge in [-0.05, 0) is 44.9 Å². The molecule has 0 bridgehead atoms. The van der Waals surface area contributed by atoms with Crippen LogP contribution in [0.4, 0.5) is 0 Å². The van der Waals surface area contributed by atoms with Crippen LogP contribution in [-0.2, 0) is 70.0 Å². The fourth-order valence-electron chi connectivity index (χ4n) is 6.21. The summed E-state index contributed by atoms with van der Waals surface area (Å²) in [5.41, 5.74) is 0.789. The SMILES string of the molecule is CC(=O)CCCOCCOCCOCCOCCOCCOCCOCCOCCn1cc(CCC(=O)C2CCC(CN3C(=O)CC(C)C3=O)CC2)nn1. The Morgan fingerprint density at radius 1 is 0.685 bits per heavy atom. The number of imide groups is 1. The first-order valence-corrected chi connectivity index (χ1v) is 19.7. The molecule has 0 radical (unpaired) electrons. The van der Waals surface area contributed by atoms with Crippen molar-refractivity contribution >= 4 is 23.4 Å². The van der Waals surface area contributed by atoms with Crippen LogP contribution >= 0.6 is 0 Å². The number of hydrogen-bond acceptors (Lipinski definition) is 14. The van der Waals surface area contributed by atoms with Gasteiger partial charge >= 0.3 is 0 Å². The molecule has 1 aromatic heterocycles. The van der Waals surface area contributed by atoms with E-state index in [4.69, 9.17) is 37.9 Å². The van der Waals surface area contributed by atoms with Gasteiger partial charge < -0.3 is 42.7 Å². The van der Waals surface area contributed by atoms with Crippen molar-refractivity contribution in [1.29, 1.82) is 0 Å². The number of carbonyl (C=O) groups is 4. The number of hydrogen-bond donors (Lipinski definition) is 0. The van der Waals surface area contributed by atoms with Gasteiger partial charge in [-0.1, -0.05) is 12.1 Å². The number of amides is 2. The third-order valence-electron chi connectivity index (χ3n) is 9.31. The number of nitrogens with zero attached hydrogens (tertiary/aromatic N) is 4. The third-order valence-corrected chi connectivity index (χ3v) is 9.31. The lowest BCUT2D eigenvalue weighted by molar-refractivity contribution is -0.140. The van der Waals surface area contributed by atoms with Crippen molar-refractivity contribution in [2.24, 2.45) is 17.8 Å². The summed E-state index contributed by atoms with van der Waals surface area (Å²) in [4.78, 5) is 49.4. The lowest BCUT2D eigenvalue weighted by Crippen LogP contribution is -2.36. The van der Waals surface area contributed by atoms with E-state index in [-0.39, 0.29) is 41.1 Å². The second kappa shape index (κ2) is 28.7. The van der Waals surface area contributed by atoms with Gasteiger partial charge in [0, 0.05) is 56.9 Å². The molecule has 54 heavy (non-hydrogen) atoms. The van der Waals surface area contributed by atoms with E-state index in [2.05, 4.69) is 10.3 Å². The summed E-state index contributed by atoms with van der Waals surface area (Å²) < 4.78 is 45.7. The van der Waals surface area contributed by atoms with Crippen LogP contribution in [0.3, 0.4) is 0 Å². The molecule has 1 unspecified atom stereocenters. The van der Waals surface area contributed by atoms with Crippen LogP contribution < -0.4 is 0 Å². The summed E-state index contributed by atoms with van der Waals surface area (Å²) in [5.74, 6) is 0.432. The standard InChI is InChI=1S/C38H64N4O12/c1-31-28-37(45)42(38(31)46)29-33-5-7-34(8-6-33)36(44)10-9-35-30-41(40-39-35)11-13-48-15-17-50-19-21-52-23-25-54-27-26-53-24-22-51-20-18-49-16-14-47-12-3-4-32(2)43/h30-31,33-34H,3-29H2,1-2H3. The zero-order chi connectivity index (χ0) is 38.6. The van der Waals surface area contributed by atoms with E-state index in [0.29, 0.717) is 144 Å². The maximum absolute atomic E-state index is 12.8. The molecule has 1 aromatic rings. The smallest absolute Gasteiger partial charge is 0.232 e. The number of likely N-dealkylation sites (tertiary alicyclic amines) is 1. The highest BCUT2D eigenvalue weighted by Gasteiger charge is 2.37. The fraction of sp³-hybridized carbons (Fsp3) is 0.842. The van der Waals surface area contributed by atoms with Gasteiger partial charge in [-0.15, -0.1) is 5.10 Å². The molecule has 2 aliphatic rings. The number of carbonyl (C=O) groups excluding carboxylic acids is 4.